The minimum absolute atomic E-state index is 0.0911. The fourth-order valence-electron chi connectivity index (χ4n) is 1.74. The quantitative estimate of drug-likeness (QED) is 0.720. The molecule has 0 fully saturated rings. The van der Waals surface area contributed by atoms with Crippen molar-refractivity contribution in [2.75, 3.05) is 0 Å². The van der Waals surface area contributed by atoms with Crippen LogP contribution in [0.3, 0.4) is 0 Å². The molecule has 0 aliphatic heterocycles. The molecule has 2 aromatic carbocycles. The first-order valence-corrected chi connectivity index (χ1v) is 6.03. The monoisotopic (exact) mass is 278 g/mol. The molecule has 0 bridgehead atoms. The van der Waals surface area contributed by atoms with Gasteiger partial charge in [-0.2, -0.15) is 13.2 Å². The second kappa shape index (κ2) is 5.82. The number of alkyl halides is 3. The fourth-order valence-corrected chi connectivity index (χ4v) is 1.74. The normalized spacial score (nSPS) is 12.3. The number of hydrogen-bond acceptors (Lipinski definition) is 1. The molecule has 0 atom stereocenters. The number of benzene rings is 2. The molecule has 0 N–H and O–H groups in total. The van der Waals surface area contributed by atoms with Crippen LogP contribution in [0.25, 0.3) is 5.57 Å². The largest absolute Gasteiger partial charge is 0.464 e. The summed E-state index contributed by atoms with van der Waals surface area (Å²) in [5.74, 6) is 0.363. The van der Waals surface area contributed by atoms with Gasteiger partial charge in [-0.25, -0.2) is 0 Å². The van der Waals surface area contributed by atoms with Gasteiger partial charge in [-0.1, -0.05) is 48.0 Å². The van der Waals surface area contributed by atoms with Crippen LogP contribution in [0, 0.1) is 6.92 Å². The Bertz CT molecular complexity index is 601. The van der Waals surface area contributed by atoms with Crippen molar-refractivity contribution in [2.45, 2.75) is 13.1 Å². The smallest absolute Gasteiger partial charge is 0.419 e. The summed E-state index contributed by atoms with van der Waals surface area (Å²) in [4.78, 5) is 0. The molecule has 1 nitrogen and oxygen atoms in total. The molecule has 0 heterocycles. The number of aryl methyl sites for hydroxylation is 1. The molecular formula is C16H13F3O. The van der Waals surface area contributed by atoms with Gasteiger partial charge in [-0.05, 0) is 24.6 Å². The lowest BCUT2D eigenvalue weighted by Gasteiger charge is -2.12. The van der Waals surface area contributed by atoms with Crippen LogP contribution in [0.2, 0.25) is 0 Å². The molecule has 2 aromatic rings. The lowest BCUT2D eigenvalue weighted by Crippen LogP contribution is -2.12. The molecule has 0 aliphatic rings. The van der Waals surface area contributed by atoms with Crippen molar-refractivity contribution in [2.24, 2.45) is 0 Å². The van der Waals surface area contributed by atoms with Crippen LogP contribution in [-0.2, 0) is 0 Å². The zero-order chi connectivity index (χ0) is 14.6. The molecule has 2 rings (SSSR count). The zero-order valence-corrected chi connectivity index (χ0v) is 10.8. The lowest BCUT2D eigenvalue weighted by molar-refractivity contribution is -0.0697. The Labute approximate surface area is 115 Å². The van der Waals surface area contributed by atoms with Crippen molar-refractivity contribution in [3.8, 4) is 5.75 Å². The van der Waals surface area contributed by atoms with E-state index in [4.69, 9.17) is 4.74 Å². The van der Waals surface area contributed by atoms with Gasteiger partial charge in [-0.15, -0.1) is 0 Å². The van der Waals surface area contributed by atoms with Crippen LogP contribution < -0.4 is 4.74 Å². The first-order chi connectivity index (χ1) is 9.47. The molecule has 0 unspecified atom stereocenters. The van der Waals surface area contributed by atoms with Crippen molar-refractivity contribution in [1.29, 1.82) is 0 Å². The highest BCUT2D eigenvalue weighted by Crippen LogP contribution is 2.34. The van der Waals surface area contributed by atoms with Gasteiger partial charge in [0.05, 0.1) is 5.57 Å². The second-order valence-corrected chi connectivity index (χ2v) is 4.33. The SMILES string of the molecule is Cc1cccc(/C(=C\Oc2ccccc2)C(F)(F)F)c1. The average molecular weight is 278 g/mol. The molecule has 0 radical (unpaired) electrons. The maximum absolute atomic E-state index is 13.1. The van der Waals surface area contributed by atoms with Gasteiger partial charge in [-0.3, -0.25) is 0 Å². The minimum Gasteiger partial charge on any atom is -0.464 e. The maximum atomic E-state index is 13.1. The molecule has 0 saturated heterocycles. The van der Waals surface area contributed by atoms with Crippen molar-refractivity contribution < 1.29 is 17.9 Å². The standard InChI is InChI=1S/C16H13F3O/c1-12-6-5-7-13(10-12)15(16(17,18)19)11-20-14-8-3-2-4-9-14/h2-11H,1H3/b15-11+. The van der Waals surface area contributed by atoms with Crippen molar-refractivity contribution >= 4 is 5.57 Å². The molecule has 104 valence electrons. The summed E-state index contributed by atoms with van der Waals surface area (Å²) in [5.41, 5.74) is 0.0517. The molecule has 0 amide bonds. The third kappa shape index (κ3) is 3.63. The van der Waals surface area contributed by atoms with Crippen molar-refractivity contribution in [1.82, 2.24) is 0 Å². The average Bonchev–Trinajstić information content (AvgIpc) is 2.39. The first kappa shape index (κ1) is 14.2. The number of para-hydroxylation sites is 1. The topological polar surface area (TPSA) is 9.23 Å². The summed E-state index contributed by atoms with van der Waals surface area (Å²) in [5, 5.41) is 0. The van der Waals surface area contributed by atoms with E-state index in [9.17, 15) is 13.2 Å². The Balaban J connectivity index is 2.34. The van der Waals surface area contributed by atoms with Crippen LogP contribution in [0.4, 0.5) is 13.2 Å². The third-order valence-corrected chi connectivity index (χ3v) is 2.69. The fraction of sp³-hybridized carbons (Fsp3) is 0.125. The van der Waals surface area contributed by atoms with E-state index in [0.717, 1.165) is 11.8 Å². The second-order valence-electron chi connectivity index (χ2n) is 4.33. The highest BCUT2D eigenvalue weighted by atomic mass is 19.4. The first-order valence-electron chi connectivity index (χ1n) is 6.03. The predicted molar refractivity (Wildman–Crippen MR) is 72.3 cm³/mol. The molecular weight excluding hydrogens is 265 g/mol. The minimum atomic E-state index is -4.47. The van der Waals surface area contributed by atoms with Gasteiger partial charge >= 0.3 is 6.18 Å². The van der Waals surface area contributed by atoms with Gasteiger partial charge in [0.2, 0.25) is 0 Å². The summed E-state index contributed by atoms with van der Waals surface area (Å²) in [7, 11) is 0. The van der Waals surface area contributed by atoms with E-state index in [-0.39, 0.29) is 5.56 Å². The number of ether oxygens (including phenoxy) is 1. The Kier molecular flexibility index (Phi) is 4.13. The summed E-state index contributed by atoms with van der Waals surface area (Å²) >= 11 is 0. The summed E-state index contributed by atoms with van der Waals surface area (Å²) in [6.45, 7) is 1.75. The van der Waals surface area contributed by atoms with Crippen molar-refractivity contribution in [3.63, 3.8) is 0 Å². The van der Waals surface area contributed by atoms with Crippen LogP contribution >= 0.6 is 0 Å². The molecule has 4 heteroatoms. The van der Waals surface area contributed by atoms with Gasteiger partial charge in [0.25, 0.3) is 0 Å². The summed E-state index contributed by atoms with van der Waals surface area (Å²) in [6.07, 6.45) is -3.72. The molecule has 0 aromatic heterocycles. The number of allylic oxidation sites excluding steroid dienone is 1. The van der Waals surface area contributed by atoms with Crippen LogP contribution in [0.5, 0.6) is 5.75 Å². The van der Waals surface area contributed by atoms with Gasteiger partial charge in [0.15, 0.2) is 0 Å². The van der Waals surface area contributed by atoms with Crippen molar-refractivity contribution in [3.05, 3.63) is 72.0 Å². The molecule has 0 saturated carbocycles. The summed E-state index contributed by atoms with van der Waals surface area (Å²) < 4.78 is 44.4. The Hall–Kier alpha value is -2.23. The van der Waals surface area contributed by atoms with Gasteiger partial charge in [0.1, 0.15) is 12.0 Å². The molecule has 0 aliphatic carbocycles. The molecule has 20 heavy (non-hydrogen) atoms. The number of halogens is 3. The lowest BCUT2D eigenvalue weighted by atomic mass is 10.0. The van der Waals surface area contributed by atoms with Crippen LogP contribution in [-0.4, -0.2) is 6.18 Å². The third-order valence-electron chi connectivity index (χ3n) is 2.69. The Morgan fingerprint density at radius 2 is 1.70 bits per heavy atom. The zero-order valence-electron chi connectivity index (χ0n) is 10.8. The molecule has 0 spiro atoms. The number of rotatable bonds is 3. The highest BCUT2D eigenvalue weighted by molar-refractivity contribution is 5.69. The van der Waals surface area contributed by atoms with Gasteiger partial charge in [0, 0.05) is 0 Å². The van der Waals surface area contributed by atoms with Crippen LogP contribution in [0.1, 0.15) is 11.1 Å². The maximum Gasteiger partial charge on any atom is 0.419 e. The van der Waals surface area contributed by atoms with Crippen LogP contribution in [0.15, 0.2) is 60.9 Å². The van der Waals surface area contributed by atoms with E-state index in [1.807, 2.05) is 0 Å². The Morgan fingerprint density at radius 1 is 1.00 bits per heavy atom. The van der Waals surface area contributed by atoms with E-state index < -0.39 is 11.7 Å². The van der Waals surface area contributed by atoms with Gasteiger partial charge < -0.3 is 4.74 Å². The van der Waals surface area contributed by atoms with E-state index in [0.29, 0.717) is 5.75 Å². The van der Waals surface area contributed by atoms with E-state index in [2.05, 4.69) is 0 Å². The predicted octanol–water partition coefficient (Wildman–Crippen LogP) is 4.98. The number of hydrogen-bond donors (Lipinski definition) is 0. The van der Waals surface area contributed by atoms with E-state index in [1.54, 1.807) is 49.4 Å². The Morgan fingerprint density at radius 3 is 2.30 bits per heavy atom. The van der Waals surface area contributed by atoms with E-state index in [1.165, 1.54) is 12.1 Å². The highest BCUT2D eigenvalue weighted by Gasteiger charge is 2.35. The van der Waals surface area contributed by atoms with E-state index >= 15 is 0 Å². The summed E-state index contributed by atoms with van der Waals surface area (Å²) in [6, 6.07) is 14.6.